The molecule has 4 nitrogen and oxygen atoms in total. The fourth-order valence-electron chi connectivity index (χ4n) is 5.08. The second-order valence-electron chi connectivity index (χ2n) is 10.4. The molecule has 0 radical (unpaired) electrons. The quantitative estimate of drug-likeness (QED) is 0.167. The SMILES string of the molecule is CC(C)(c1ccccc1)c1cc(-c2cccc(-c3ccccc3O)n2)[c-]c(N(c2ccccc2)c2ccccn2)c1.[Pt]. The molecule has 2 aromatic heterocycles. The molecule has 0 aliphatic rings. The van der Waals surface area contributed by atoms with Gasteiger partial charge in [-0.2, -0.15) is 0 Å². The first-order valence-corrected chi connectivity index (χ1v) is 13.7. The number of aromatic hydroxyl groups is 1. The van der Waals surface area contributed by atoms with Crippen molar-refractivity contribution in [2.45, 2.75) is 19.3 Å². The summed E-state index contributed by atoms with van der Waals surface area (Å²) in [6.07, 6.45) is 1.81. The van der Waals surface area contributed by atoms with Crippen molar-refractivity contribution < 1.29 is 26.2 Å². The monoisotopic (exact) mass is 727 g/mol. The summed E-state index contributed by atoms with van der Waals surface area (Å²) < 4.78 is 0. The van der Waals surface area contributed by atoms with Gasteiger partial charge in [-0.15, -0.1) is 29.3 Å². The Labute approximate surface area is 261 Å². The van der Waals surface area contributed by atoms with Crippen molar-refractivity contribution in [2.75, 3.05) is 4.90 Å². The molecule has 0 amide bonds. The summed E-state index contributed by atoms with van der Waals surface area (Å²) in [5, 5.41) is 10.5. The van der Waals surface area contributed by atoms with Crippen LogP contribution in [0.1, 0.15) is 25.0 Å². The van der Waals surface area contributed by atoms with Gasteiger partial charge >= 0.3 is 0 Å². The van der Waals surface area contributed by atoms with Gasteiger partial charge in [0.2, 0.25) is 0 Å². The molecule has 0 aliphatic heterocycles. The van der Waals surface area contributed by atoms with Crippen LogP contribution in [0.25, 0.3) is 22.5 Å². The van der Waals surface area contributed by atoms with E-state index in [1.807, 2.05) is 78.9 Å². The Balaban J connectivity index is 0.00000353. The van der Waals surface area contributed by atoms with Crippen LogP contribution in [-0.4, -0.2) is 15.1 Å². The molecule has 0 bridgehead atoms. The molecule has 4 aromatic carbocycles. The standard InChI is InChI=1S/C37H30N3O.Pt/c1-37(2,28-14-5-3-6-15-28)29-24-27(33-19-13-20-34(39-33)32-18-9-10-21-35(32)41)25-31(26-29)40(30-16-7-4-8-17-30)36-22-11-12-23-38-36;/h3-24,26,41H,1-2H3;/q-1;. The van der Waals surface area contributed by atoms with Crippen molar-refractivity contribution in [3.05, 3.63) is 157 Å². The minimum atomic E-state index is -0.304. The van der Waals surface area contributed by atoms with Crippen LogP contribution < -0.4 is 4.90 Å². The molecule has 0 fully saturated rings. The molecule has 210 valence electrons. The van der Waals surface area contributed by atoms with Crippen LogP contribution in [0, 0.1) is 6.07 Å². The van der Waals surface area contributed by atoms with Crippen LogP contribution >= 0.6 is 0 Å². The van der Waals surface area contributed by atoms with Crippen LogP contribution in [0.2, 0.25) is 0 Å². The van der Waals surface area contributed by atoms with Gasteiger partial charge in [0.05, 0.1) is 5.69 Å². The van der Waals surface area contributed by atoms with E-state index in [1.54, 1.807) is 12.3 Å². The average Bonchev–Trinajstić information content (AvgIpc) is 3.03. The second kappa shape index (κ2) is 12.5. The number of anilines is 3. The third-order valence-electron chi connectivity index (χ3n) is 7.41. The molecule has 0 saturated carbocycles. The Bertz CT molecular complexity index is 1730. The first-order chi connectivity index (χ1) is 20.0. The number of aromatic nitrogens is 2. The fraction of sp³-hybridized carbons (Fsp3) is 0.0811. The largest absolute Gasteiger partial charge is 0.507 e. The van der Waals surface area contributed by atoms with Gasteiger partial charge in [0.25, 0.3) is 0 Å². The van der Waals surface area contributed by atoms with E-state index >= 15 is 0 Å². The van der Waals surface area contributed by atoms with E-state index in [-0.39, 0.29) is 32.2 Å². The van der Waals surface area contributed by atoms with Crippen molar-refractivity contribution in [1.82, 2.24) is 9.97 Å². The Morgan fingerprint density at radius 2 is 1.33 bits per heavy atom. The molecule has 0 spiro atoms. The third-order valence-corrected chi connectivity index (χ3v) is 7.41. The number of hydrogen-bond donors (Lipinski definition) is 1. The average molecular weight is 728 g/mol. The summed E-state index contributed by atoms with van der Waals surface area (Å²) in [6, 6.07) is 47.9. The molecule has 6 rings (SSSR count). The first kappa shape index (κ1) is 29.0. The van der Waals surface area contributed by atoms with Gasteiger partial charge in [-0.25, -0.2) is 4.98 Å². The molecule has 2 heterocycles. The van der Waals surface area contributed by atoms with E-state index in [4.69, 9.17) is 9.97 Å². The smallest absolute Gasteiger partial charge is 0.136 e. The summed E-state index contributed by atoms with van der Waals surface area (Å²) in [7, 11) is 0. The van der Waals surface area contributed by atoms with Crippen molar-refractivity contribution in [2.24, 2.45) is 0 Å². The minimum absolute atomic E-state index is 0. The predicted octanol–water partition coefficient (Wildman–Crippen LogP) is 9.11. The molecule has 1 N–H and O–H groups in total. The summed E-state index contributed by atoms with van der Waals surface area (Å²) in [6.45, 7) is 4.48. The van der Waals surface area contributed by atoms with E-state index in [9.17, 15) is 5.11 Å². The van der Waals surface area contributed by atoms with Gasteiger partial charge in [-0.3, -0.25) is 4.98 Å². The second-order valence-corrected chi connectivity index (χ2v) is 10.4. The summed E-state index contributed by atoms with van der Waals surface area (Å²) in [5.41, 5.74) is 6.90. The van der Waals surface area contributed by atoms with Crippen LogP contribution in [-0.2, 0) is 26.5 Å². The van der Waals surface area contributed by atoms with Crippen LogP contribution in [0.5, 0.6) is 5.75 Å². The molecule has 5 heteroatoms. The molecular formula is C37H30N3OPt-. The molecule has 6 aromatic rings. The van der Waals surface area contributed by atoms with Gasteiger partial charge in [0.1, 0.15) is 11.6 Å². The topological polar surface area (TPSA) is 49.3 Å². The van der Waals surface area contributed by atoms with E-state index < -0.39 is 0 Å². The number of rotatable bonds is 7. The molecule has 0 unspecified atom stereocenters. The molecule has 0 aliphatic carbocycles. The normalized spacial score (nSPS) is 11.0. The number of pyridine rings is 2. The van der Waals surface area contributed by atoms with Crippen molar-refractivity contribution in [3.8, 4) is 28.3 Å². The minimum Gasteiger partial charge on any atom is -0.507 e. The molecule has 0 atom stereocenters. The maximum Gasteiger partial charge on any atom is 0.136 e. The fourth-order valence-corrected chi connectivity index (χ4v) is 5.08. The van der Waals surface area contributed by atoms with E-state index in [0.29, 0.717) is 11.3 Å². The maximum absolute atomic E-state index is 10.5. The number of nitrogens with zero attached hydrogens (tertiary/aromatic N) is 3. The van der Waals surface area contributed by atoms with Crippen LogP contribution in [0.15, 0.2) is 140 Å². The summed E-state index contributed by atoms with van der Waals surface area (Å²) in [5.74, 6) is 0.998. The van der Waals surface area contributed by atoms with Gasteiger partial charge < -0.3 is 10.0 Å². The van der Waals surface area contributed by atoms with Crippen LogP contribution in [0.4, 0.5) is 17.2 Å². The van der Waals surface area contributed by atoms with Gasteiger partial charge in [0.15, 0.2) is 0 Å². The molecule has 42 heavy (non-hydrogen) atoms. The third kappa shape index (κ3) is 5.91. The van der Waals surface area contributed by atoms with E-state index in [2.05, 4.69) is 73.3 Å². The summed E-state index contributed by atoms with van der Waals surface area (Å²) >= 11 is 0. The Morgan fingerprint density at radius 1 is 0.667 bits per heavy atom. The van der Waals surface area contributed by atoms with Crippen molar-refractivity contribution in [3.63, 3.8) is 0 Å². The Morgan fingerprint density at radius 3 is 2.05 bits per heavy atom. The number of phenolic OH excluding ortho intramolecular Hbond substituents is 1. The van der Waals surface area contributed by atoms with Gasteiger partial charge in [-0.05, 0) is 64.8 Å². The number of phenols is 1. The zero-order chi connectivity index (χ0) is 28.2. The number of benzene rings is 4. The van der Waals surface area contributed by atoms with Gasteiger partial charge in [0, 0.05) is 38.5 Å². The maximum atomic E-state index is 10.5. The van der Waals surface area contributed by atoms with E-state index in [1.165, 1.54) is 5.56 Å². The zero-order valence-electron chi connectivity index (χ0n) is 23.4. The van der Waals surface area contributed by atoms with E-state index in [0.717, 1.165) is 34.0 Å². The van der Waals surface area contributed by atoms with Crippen molar-refractivity contribution >= 4 is 17.2 Å². The Kier molecular flexibility index (Phi) is 8.66. The molecule has 0 saturated heterocycles. The number of para-hydroxylation sites is 2. The number of hydrogen-bond acceptors (Lipinski definition) is 4. The van der Waals surface area contributed by atoms with Crippen molar-refractivity contribution in [1.29, 1.82) is 0 Å². The van der Waals surface area contributed by atoms with Crippen LogP contribution in [0.3, 0.4) is 0 Å². The predicted molar refractivity (Wildman–Crippen MR) is 167 cm³/mol. The Hall–Kier alpha value is -4.53. The first-order valence-electron chi connectivity index (χ1n) is 13.7. The zero-order valence-corrected chi connectivity index (χ0v) is 25.7. The molecular weight excluding hydrogens is 698 g/mol. The van der Waals surface area contributed by atoms with Gasteiger partial charge in [-0.1, -0.05) is 92.7 Å². The summed E-state index contributed by atoms with van der Waals surface area (Å²) in [4.78, 5) is 11.8.